The minimum Gasteiger partial charge on any atom is -0.442 e. The number of amides is 1. The summed E-state index contributed by atoms with van der Waals surface area (Å²) in [7, 11) is 0. The maximum Gasteiger partial charge on any atom is 0.428 e. The van der Waals surface area contributed by atoms with Crippen molar-refractivity contribution in [2.24, 2.45) is 5.10 Å². The molecule has 126 valence electrons. The molecule has 0 fully saturated rings. The van der Waals surface area contributed by atoms with Gasteiger partial charge in [0.25, 0.3) is 0 Å². The third-order valence-electron chi connectivity index (χ3n) is 3.05. The number of hydrazone groups is 1. The van der Waals surface area contributed by atoms with E-state index in [1.165, 1.54) is 12.1 Å². The van der Waals surface area contributed by atoms with E-state index in [4.69, 9.17) is 9.47 Å². The van der Waals surface area contributed by atoms with Crippen molar-refractivity contribution in [3.8, 4) is 0 Å². The number of nitrogens with zero attached hydrogens (tertiary/aromatic N) is 1. The van der Waals surface area contributed by atoms with E-state index in [0.29, 0.717) is 13.2 Å². The molecular weight excluding hydrogens is 315 g/mol. The molecule has 9 heteroatoms. The molecule has 0 bridgehead atoms. The Balaban J connectivity index is 2.22. The summed E-state index contributed by atoms with van der Waals surface area (Å²) in [5.41, 5.74) is 1.66. The van der Waals surface area contributed by atoms with E-state index in [-0.39, 0.29) is 30.1 Å². The number of hydrogen-bond acceptors (Lipinski definition) is 5. The van der Waals surface area contributed by atoms with Gasteiger partial charge < -0.3 is 14.8 Å². The molecule has 0 radical (unpaired) electrons. The zero-order valence-electron chi connectivity index (χ0n) is 12.4. The summed E-state index contributed by atoms with van der Waals surface area (Å²) >= 11 is 0. The van der Waals surface area contributed by atoms with E-state index in [0.717, 1.165) is 6.07 Å². The summed E-state index contributed by atoms with van der Waals surface area (Å²) in [6, 6.07) is 3.78. The van der Waals surface area contributed by atoms with Gasteiger partial charge in [-0.15, -0.1) is 0 Å². The molecule has 0 unspecified atom stereocenters. The zero-order valence-corrected chi connectivity index (χ0v) is 12.4. The van der Waals surface area contributed by atoms with Gasteiger partial charge in [0, 0.05) is 24.4 Å². The Labute approximate surface area is 130 Å². The van der Waals surface area contributed by atoms with Crippen LogP contribution in [0.1, 0.15) is 18.1 Å². The molecule has 2 N–H and O–H groups in total. The lowest BCUT2D eigenvalue weighted by Gasteiger charge is -2.18. The molecule has 0 aliphatic carbocycles. The van der Waals surface area contributed by atoms with E-state index in [2.05, 4.69) is 15.8 Å². The molecule has 23 heavy (non-hydrogen) atoms. The number of carbonyl (C=O) groups is 1. The molecule has 2 rings (SSSR count). The van der Waals surface area contributed by atoms with Crippen LogP contribution in [-0.4, -0.2) is 38.2 Å². The van der Waals surface area contributed by atoms with Gasteiger partial charge >= 0.3 is 12.3 Å². The average Bonchev–Trinajstić information content (AvgIpc) is 2.51. The fraction of sp³-hybridized carbons (Fsp3) is 0.429. The molecule has 1 aliphatic rings. The number of anilines is 1. The van der Waals surface area contributed by atoms with E-state index in [1.807, 2.05) is 6.92 Å². The van der Waals surface area contributed by atoms with E-state index < -0.39 is 17.8 Å². The summed E-state index contributed by atoms with van der Waals surface area (Å²) in [6.07, 6.45) is -5.26. The molecule has 0 atom stereocenters. The van der Waals surface area contributed by atoms with Gasteiger partial charge in [-0.2, -0.15) is 18.3 Å². The van der Waals surface area contributed by atoms with Crippen molar-refractivity contribution in [1.29, 1.82) is 0 Å². The van der Waals surface area contributed by atoms with Crippen LogP contribution in [0, 0.1) is 0 Å². The molecule has 1 heterocycles. The number of halogens is 3. The molecule has 0 saturated carbocycles. The van der Waals surface area contributed by atoms with Gasteiger partial charge in [-0.25, -0.2) is 10.2 Å². The highest BCUT2D eigenvalue weighted by Crippen LogP contribution is 2.35. The predicted octanol–water partition coefficient (Wildman–Crippen LogP) is 2.60. The Kier molecular flexibility index (Phi) is 5.43. The number of alkyl halides is 3. The van der Waals surface area contributed by atoms with Gasteiger partial charge in [0.2, 0.25) is 0 Å². The second-order valence-electron chi connectivity index (χ2n) is 4.63. The van der Waals surface area contributed by atoms with Crippen molar-refractivity contribution in [3.63, 3.8) is 0 Å². The topological polar surface area (TPSA) is 72.0 Å². The van der Waals surface area contributed by atoms with Gasteiger partial charge in [0.05, 0.1) is 12.2 Å². The van der Waals surface area contributed by atoms with Crippen LogP contribution in [-0.2, 0) is 15.7 Å². The standard InChI is InChI=1S/C14H16F3N3O3/c1-2-22-6-5-18-11-4-3-9(7-10(11)14(15,16)17)12-8-23-13(21)20-19-12/h3-4,7,18H,2,5-6,8H2,1H3,(H,20,21). The Hall–Kier alpha value is -2.29. The number of hydrogen-bond donors (Lipinski definition) is 2. The minimum absolute atomic E-state index is 0.0395. The van der Waals surface area contributed by atoms with Crippen molar-refractivity contribution in [2.45, 2.75) is 13.1 Å². The lowest BCUT2D eigenvalue weighted by Crippen LogP contribution is -2.31. The quantitative estimate of drug-likeness (QED) is 0.786. The van der Waals surface area contributed by atoms with Gasteiger partial charge in [0.1, 0.15) is 12.3 Å². The van der Waals surface area contributed by atoms with Gasteiger partial charge in [-0.3, -0.25) is 0 Å². The monoisotopic (exact) mass is 331 g/mol. The highest BCUT2D eigenvalue weighted by Gasteiger charge is 2.34. The van der Waals surface area contributed by atoms with E-state index in [1.54, 1.807) is 0 Å². The van der Waals surface area contributed by atoms with Crippen molar-refractivity contribution in [1.82, 2.24) is 5.43 Å². The average molecular weight is 331 g/mol. The first-order valence-electron chi connectivity index (χ1n) is 6.94. The summed E-state index contributed by atoms with van der Waals surface area (Å²) in [5, 5.41) is 6.41. The third-order valence-corrected chi connectivity index (χ3v) is 3.05. The fourth-order valence-corrected chi connectivity index (χ4v) is 1.97. The SMILES string of the molecule is CCOCCNc1ccc(C2=NNC(=O)OC2)cc1C(F)(F)F. The Morgan fingerprint density at radius 2 is 2.22 bits per heavy atom. The zero-order chi connectivity index (χ0) is 16.9. The number of ether oxygens (including phenoxy) is 2. The van der Waals surface area contributed by atoms with Crippen LogP contribution in [0.2, 0.25) is 0 Å². The minimum atomic E-state index is -4.52. The summed E-state index contributed by atoms with van der Waals surface area (Å²) in [5.74, 6) is 0. The van der Waals surface area contributed by atoms with Crippen molar-refractivity contribution < 1.29 is 27.4 Å². The number of benzene rings is 1. The van der Waals surface area contributed by atoms with Gasteiger partial charge in [-0.1, -0.05) is 6.07 Å². The van der Waals surface area contributed by atoms with E-state index in [9.17, 15) is 18.0 Å². The maximum absolute atomic E-state index is 13.2. The lowest BCUT2D eigenvalue weighted by molar-refractivity contribution is -0.137. The smallest absolute Gasteiger partial charge is 0.428 e. The molecule has 1 aliphatic heterocycles. The first-order valence-corrected chi connectivity index (χ1v) is 6.94. The molecule has 1 aromatic carbocycles. The molecule has 6 nitrogen and oxygen atoms in total. The molecule has 0 saturated heterocycles. The van der Waals surface area contributed by atoms with Gasteiger partial charge in [0.15, 0.2) is 0 Å². The Morgan fingerprint density at radius 1 is 1.43 bits per heavy atom. The van der Waals surface area contributed by atoms with E-state index >= 15 is 0 Å². The molecular formula is C14H16F3N3O3. The predicted molar refractivity (Wildman–Crippen MR) is 77.4 cm³/mol. The molecule has 0 spiro atoms. The van der Waals surface area contributed by atoms with Crippen LogP contribution in [0.15, 0.2) is 23.3 Å². The van der Waals surface area contributed by atoms with Crippen LogP contribution in [0.25, 0.3) is 0 Å². The molecule has 1 aromatic rings. The van der Waals surface area contributed by atoms with Crippen molar-refractivity contribution in [3.05, 3.63) is 29.3 Å². The van der Waals surface area contributed by atoms with Crippen LogP contribution >= 0.6 is 0 Å². The summed E-state index contributed by atoms with van der Waals surface area (Å²) < 4.78 is 49.5. The van der Waals surface area contributed by atoms with Crippen molar-refractivity contribution in [2.75, 3.05) is 31.7 Å². The Bertz CT molecular complexity index is 603. The lowest BCUT2D eigenvalue weighted by atomic mass is 10.0. The number of nitrogens with one attached hydrogen (secondary N) is 2. The fourth-order valence-electron chi connectivity index (χ4n) is 1.97. The van der Waals surface area contributed by atoms with Crippen LogP contribution in [0.4, 0.5) is 23.7 Å². The first kappa shape index (κ1) is 17.1. The number of cyclic esters (lactones) is 1. The molecule has 1 amide bonds. The first-order chi connectivity index (χ1) is 10.9. The Morgan fingerprint density at radius 3 is 2.83 bits per heavy atom. The van der Waals surface area contributed by atoms with Crippen LogP contribution in [0.5, 0.6) is 0 Å². The second-order valence-corrected chi connectivity index (χ2v) is 4.63. The third kappa shape index (κ3) is 4.59. The van der Waals surface area contributed by atoms with Crippen LogP contribution < -0.4 is 10.7 Å². The highest BCUT2D eigenvalue weighted by molar-refractivity contribution is 6.04. The number of carbonyl (C=O) groups excluding carboxylic acids is 1. The highest BCUT2D eigenvalue weighted by atomic mass is 19.4. The second kappa shape index (κ2) is 7.32. The van der Waals surface area contributed by atoms with Gasteiger partial charge in [-0.05, 0) is 19.1 Å². The number of rotatable bonds is 6. The largest absolute Gasteiger partial charge is 0.442 e. The summed E-state index contributed by atoms with van der Waals surface area (Å²) in [6.45, 7) is 2.69. The van der Waals surface area contributed by atoms with Crippen LogP contribution in [0.3, 0.4) is 0 Å². The van der Waals surface area contributed by atoms with Crippen molar-refractivity contribution >= 4 is 17.5 Å². The normalized spacial score (nSPS) is 14.8. The summed E-state index contributed by atoms with van der Waals surface area (Å²) in [4.78, 5) is 10.8. The maximum atomic E-state index is 13.2. The molecule has 0 aromatic heterocycles.